The van der Waals surface area contributed by atoms with Crippen molar-refractivity contribution in [2.75, 3.05) is 50.8 Å². The molecule has 0 aromatic heterocycles. The molecule has 2 fully saturated rings. The number of aliphatic carboxylic acids is 1. The minimum Gasteiger partial charge on any atom is -0.481 e. The monoisotopic (exact) mass is 368 g/mol. The van der Waals surface area contributed by atoms with Gasteiger partial charge in [-0.15, -0.1) is 0 Å². The van der Waals surface area contributed by atoms with Crippen LogP contribution in [0.4, 0.5) is 5.69 Å². The van der Waals surface area contributed by atoms with Crippen LogP contribution >= 0.6 is 11.6 Å². The Labute approximate surface area is 152 Å². The molecule has 7 heteroatoms. The van der Waals surface area contributed by atoms with Crippen LogP contribution in [-0.4, -0.2) is 73.1 Å². The summed E-state index contributed by atoms with van der Waals surface area (Å²) in [6, 6.07) is 7.79. The zero-order valence-electron chi connectivity index (χ0n) is 14.2. The van der Waals surface area contributed by atoms with Crippen molar-refractivity contribution in [3.63, 3.8) is 0 Å². The predicted octanol–water partition coefficient (Wildman–Crippen LogP) is 1.70. The van der Waals surface area contributed by atoms with E-state index in [-0.39, 0.29) is 0 Å². The number of aliphatic hydroxyl groups is 1. The molecule has 2 N–H and O–H groups in total. The van der Waals surface area contributed by atoms with E-state index >= 15 is 0 Å². The van der Waals surface area contributed by atoms with Gasteiger partial charge in [-0.1, -0.05) is 17.7 Å². The van der Waals surface area contributed by atoms with Crippen LogP contribution in [0.5, 0.6) is 0 Å². The minimum atomic E-state index is -1.08. The number of hydrogen-bond acceptors (Lipinski definition) is 5. The number of rotatable bonds is 5. The Kier molecular flexibility index (Phi) is 5.84. The first-order valence-electron chi connectivity index (χ1n) is 8.73. The molecule has 1 aromatic carbocycles. The molecule has 0 bridgehead atoms. The molecule has 2 aliphatic heterocycles. The molecule has 2 aliphatic rings. The number of β-amino-alcohol motifs (C(OH)–C–C–N with tert-alkyl or cyclic N) is 1. The maximum atomic E-state index is 11.8. The molecule has 0 aliphatic carbocycles. The lowest BCUT2D eigenvalue weighted by Gasteiger charge is -2.41. The third-order valence-electron chi connectivity index (χ3n) is 5.43. The highest BCUT2D eigenvalue weighted by molar-refractivity contribution is 6.30. The van der Waals surface area contributed by atoms with Crippen molar-refractivity contribution in [3.8, 4) is 0 Å². The van der Waals surface area contributed by atoms with Crippen molar-refractivity contribution in [2.45, 2.75) is 18.9 Å². The first-order valence-corrected chi connectivity index (χ1v) is 9.11. The topological polar surface area (TPSA) is 73.2 Å². The second kappa shape index (κ2) is 7.91. The number of hydrogen-bond donors (Lipinski definition) is 2. The van der Waals surface area contributed by atoms with Crippen molar-refractivity contribution in [3.05, 3.63) is 29.3 Å². The van der Waals surface area contributed by atoms with Gasteiger partial charge in [0.1, 0.15) is 0 Å². The van der Waals surface area contributed by atoms with E-state index < -0.39 is 17.5 Å². The fraction of sp³-hybridized carbons (Fsp3) is 0.611. The van der Waals surface area contributed by atoms with E-state index in [1.54, 1.807) is 0 Å². The predicted molar refractivity (Wildman–Crippen MR) is 96.2 cm³/mol. The summed E-state index contributed by atoms with van der Waals surface area (Å²) in [5.74, 6) is -0.916. The molecule has 1 unspecified atom stereocenters. The van der Waals surface area contributed by atoms with Gasteiger partial charge in [-0.2, -0.15) is 0 Å². The fourth-order valence-corrected chi connectivity index (χ4v) is 3.89. The number of carbonyl (C=O) groups is 1. The quantitative estimate of drug-likeness (QED) is 0.824. The molecule has 0 saturated carbocycles. The number of piperazine rings is 1. The van der Waals surface area contributed by atoms with E-state index in [0.29, 0.717) is 32.6 Å². The highest BCUT2D eigenvalue weighted by atomic mass is 35.5. The van der Waals surface area contributed by atoms with Gasteiger partial charge >= 0.3 is 5.97 Å². The van der Waals surface area contributed by atoms with Gasteiger partial charge in [-0.05, 0) is 31.0 Å². The third kappa shape index (κ3) is 4.08. The Morgan fingerprint density at radius 3 is 2.52 bits per heavy atom. The zero-order valence-corrected chi connectivity index (χ0v) is 15.0. The summed E-state index contributed by atoms with van der Waals surface area (Å²) in [4.78, 5) is 16.2. The number of benzene rings is 1. The summed E-state index contributed by atoms with van der Waals surface area (Å²) in [6.45, 7) is 4.41. The van der Waals surface area contributed by atoms with E-state index in [4.69, 9.17) is 16.3 Å². The van der Waals surface area contributed by atoms with Crippen molar-refractivity contribution in [2.24, 2.45) is 5.41 Å². The van der Waals surface area contributed by atoms with Crippen LogP contribution in [0, 0.1) is 5.41 Å². The highest BCUT2D eigenvalue weighted by Crippen LogP contribution is 2.35. The van der Waals surface area contributed by atoms with Gasteiger partial charge in [0.15, 0.2) is 0 Å². The molecular formula is C18H25ClN2O4. The van der Waals surface area contributed by atoms with Crippen LogP contribution in [0.1, 0.15) is 12.8 Å². The maximum absolute atomic E-state index is 11.8. The molecule has 0 spiro atoms. The molecular weight excluding hydrogens is 344 g/mol. The number of halogens is 1. The Morgan fingerprint density at radius 2 is 1.92 bits per heavy atom. The molecule has 2 saturated heterocycles. The zero-order chi connectivity index (χ0) is 17.9. The lowest BCUT2D eigenvalue weighted by molar-refractivity contribution is -0.167. The van der Waals surface area contributed by atoms with Gasteiger partial charge in [0.05, 0.1) is 11.5 Å². The number of ether oxygens (including phenoxy) is 1. The average molecular weight is 369 g/mol. The molecule has 0 radical (unpaired) electrons. The van der Waals surface area contributed by atoms with Crippen LogP contribution in [0.25, 0.3) is 0 Å². The van der Waals surface area contributed by atoms with Crippen molar-refractivity contribution in [1.29, 1.82) is 0 Å². The standard InChI is InChI=1S/C18H25ClN2O4/c19-14-2-1-3-15(12-14)21-8-6-20(7-9-21)13-16(22)18(17(23)24)4-10-25-11-5-18/h1-3,12,16,22H,4-11,13H2,(H,23,24). The second-order valence-corrected chi connectivity index (χ2v) is 7.29. The SMILES string of the molecule is O=C(O)C1(C(O)CN2CCN(c3cccc(Cl)c3)CC2)CCOCC1. The van der Waals surface area contributed by atoms with Crippen LogP contribution in [0.15, 0.2) is 24.3 Å². The summed E-state index contributed by atoms with van der Waals surface area (Å²) in [7, 11) is 0. The summed E-state index contributed by atoms with van der Waals surface area (Å²) < 4.78 is 5.28. The summed E-state index contributed by atoms with van der Waals surface area (Å²) >= 11 is 6.06. The van der Waals surface area contributed by atoms with E-state index in [2.05, 4.69) is 9.80 Å². The van der Waals surface area contributed by atoms with E-state index in [1.165, 1.54) is 0 Å². The summed E-state index contributed by atoms with van der Waals surface area (Å²) in [5.41, 5.74) is 0.0154. The van der Waals surface area contributed by atoms with Crippen molar-refractivity contribution in [1.82, 2.24) is 4.90 Å². The lowest BCUT2D eigenvalue weighted by atomic mass is 9.75. The van der Waals surface area contributed by atoms with E-state index in [0.717, 1.165) is 36.9 Å². The van der Waals surface area contributed by atoms with Crippen LogP contribution in [0.2, 0.25) is 5.02 Å². The number of anilines is 1. The Bertz CT molecular complexity index is 598. The number of carboxylic acids is 1. The Balaban J connectivity index is 1.57. The Morgan fingerprint density at radius 1 is 1.24 bits per heavy atom. The highest BCUT2D eigenvalue weighted by Gasteiger charge is 2.47. The van der Waals surface area contributed by atoms with Crippen molar-refractivity contribution >= 4 is 23.3 Å². The van der Waals surface area contributed by atoms with Gasteiger partial charge in [-0.3, -0.25) is 9.69 Å². The van der Waals surface area contributed by atoms with Crippen LogP contribution < -0.4 is 4.90 Å². The van der Waals surface area contributed by atoms with Crippen molar-refractivity contribution < 1.29 is 19.7 Å². The molecule has 2 heterocycles. The molecule has 1 aromatic rings. The average Bonchev–Trinajstić information content (AvgIpc) is 2.62. The van der Waals surface area contributed by atoms with E-state index in [9.17, 15) is 15.0 Å². The molecule has 0 amide bonds. The molecule has 138 valence electrons. The largest absolute Gasteiger partial charge is 0.481 e. The van der Waals surface area contributed by atoms with Crippen LogP contribution in [0.3, 0.4) is 0 Å². The molecule has 3 rings (SSSR count). The fourth-order valence-electron chi connectivity index (χ4n) is 3.71. The lowest BCUT2D eigenvalue weighted by Crippen LogP contribution is -2.54. The normalized spacial score (nSPS) is 22.6. The second-order valence-electron chi connectivity index (χ2n) is 6.86. The van der Waals surface area contributed by atoms with E-state index in [1.807, 2.05) is 24.3 Å². The molecule has 1 atom stereocenters. The summed E-state index contributed by atoms with van der Waals surface area (Å²) in [5, 5.41) is 21.0. The molecule has 6 nitrogen and oxygen atoms in total. The van der Waals surface area contributed by atoms with Gasteiger partial charge in [-0.25, -0.2) is 0 Å². The summed E-state index contributed by atoms with van der Waals surface area (Å²) in [6.07, 6.45) is -0.149. The first-order chi connectivity index (χ1) is 12.0. The number of aliphatic hydroxyl groups excluding tert-OH is 1. The van der Waals surface area contributed by atoms with Gasteiger partial charge in [0, 0.05) is 56.6 Å². The van der Waals surface area contributed by atoms with Gasteiger partial charge in [0.2, 0.25) is 0 Å². The smallest absolute Gasteiger partial charge is 0.312 e. The Hall–Kier alpha value is -1.34. The third-order valence-corrected chi connectivity index (χ3v) is 5.66. The minimum absolute atomic E-state index is 0.367. The number of nitrogens with zero attached hydrogens (tertiary/aromatic N) is 2. The molecule has 25 heavy (non-hydrogen) atoms. The van der Waals surface area contributed by atoms with Gasteiger partial charge in [0.25, 0.3) is 0 Å². The maximum Gasteiger partial charge on any atom is 0.312 e. The number of carboxylic acid groups (broad SMARTS) is 1. The van der Waals surface area contributed by atoms with Gasteiger partial charge < -0.3 is 19.8 Å². The van der Waals surface area contributed by atoms with Crippen LogP contribution in [-0.2, 0) is 9.53 Å². The first kappa shape index (κ1) is 18.5.